The van der Waals surface area contributed by atoms with Crippen LogP contribution in [-0.2, 0) is 12.0 Å². The summed E-state index contributed by atoms with van der Waals surface area (Å²) in [6.07, 6.45) is 14.1. The standard InChI is InChI=1S/C16H25N3/c17-2-1-3-19-11-18-10-15(19)16-7-12-4-13(8-16)6-14(5-12)9-16/h10-14H,1-9,17H2. The lowest BCUT2D eigenvalue weighted by Crippen LogP contribution is -2.49. The van der Waals surface area contributed by atoms with Gasteiger partial charge in [0, 0.05) is 23.9 Å². The summed E-state index contributed by atoms with van der Waals surface area (Å²) in [5, 5.41) is 0. The second-order valence-corrected chi connectivity index (χ2v) is 7.31. The number of aryl methyl sites for hydroxylation is 1. The number of nitrogens with two attached hydrogens (primary N) is 1. The Labute approximate surface area is 115 Å². The first-order chi connectivity index (χ1) is 9.29. The molecule has 0 aliphatic heterocycles. The predicted octanol–water partition coefficient (Wildman–Crippen LogP) is 2.70. The first-order valence-corrected chi connectivity index (χ1v) is 8.00. The maximum atomic E-state index is 5.67. The van der Waals surface area contributed by atoms with Gasteiger partial charge in [0.1, 0.15) is 0 Å². The van der Waals surface area contributed by atoms with Crippen LogP contribution in [0.4, 0.5) is 0 Å². The van der Waals surface area contributed by atoms with Crippen LogP contribution in [-0.4, -0.2) is 16.1 Å². The number of imidazole rings is 1. The second kappa shape index (κ2) is 4.34. The summed E-state index contributed by atoms with van der Waals surface area (Å²) in [7, 11) is 0. The summed E-state index contributed by atoms with van der Waals surface area (Å²) in [6.45, 7) is 1.83. The largest absolute Gasteiger partial charge is 0.334 e. The van der Waals surface area contributed by atoms with E-state index in [1.807, 2.05) is 6.33 Å². The number of aromatic nitrogens is 2. The van der Waals surface area contributed by atoms with Crippen LogP contribution in [0.15, 0.2) is 12.5 Å². The lowest BCUT2D eigenvalue weighted by atomic mass is 9.49. The molecule has 1 heterocycles. The molecule has 104 valence electrons. The van der Waals surface area contributed by atoms with E-state index in [-0.39, 0.29) is 0 Å². The molecule has 1 aromatic heterocycles. The van der Waals surface area contributed by atoms with Crippen LogP contribution < -0.4 is 5.73 Å². The molecule has 3 heteroatoms. The zero-order valence-electron chi connectivity index (χ0n) is 11.7. The van der Waals surface area contributed by atoms with Gasteiger partial charge in [-0.2, -0.15) is 0 Å². The fourth-order valence-corrected chi connectivity index (χ4v) is 5.63. The summed E-state index contributed by atoms with van der Waals surface area (Å²) < 4.78 is 2.40. The van der Waals surface area contributed by atoms with E-state index in [9.17, 15) is 0 Å². The maximum Gasteiger partial charge on any atom is 0.0948 e. The van der Waals surface area contributed by atoms with Crippen LogP contribution in [0.2, 0.25) is 0 Å². The third kappa shape index (κ3) is 1.85. The fraction of sp³-hybridized carbons (Fsp3) is 0.812. The van der Waals surface area contributed by atoms with Crippen molar-refractivity contribution < 1.29 is 0 Å². The molecule has 0 spiro atoms. The normalized spacial score (nSPS) is 39.9. The molecule has 0 unspecified atom stereocenters. The van der Waals surface area contributed by atoms with Gasteiger partial charge in [0.25, 0.3) is 0 Å². The van der Waals surface area contributed by atoms with Gasteiger partial charge in [0.15, 0.2) is 0 Å². The molecule has 0 amide bonds. The molecule has 0 atom stereocenters. The van der Waals surface area contributed by atoms with Crippen molar-refractivity contribution in [2.75, 3.05) is 6.54 Å². The number of hydrogen-bond acceptors (Lipinski definition) is 2. The molecule has 0 radical (unpaired) electrons. The Morgan fingerprint density at radius 2 is 1.79 bits per heavy atom. The van der Waals surface area contributed by atoms with Gasteiger partial charge in [0.2, 0.25) is 0 Å². The molecule has 2 N–H and O–H groups in total. The van der Waals surface area contributed by atoms with E-state index >= 15 is 0 Å². The first-order valence-electron chi connectivity index (χ1n) is 8.00. The molecule has 19 heavy (non-hydrogen) atoms. The highest BCUT2D eigenvalue weighted by atomic mass is 15.1. The highest BCUT2D eigenvalue weighted by Gasteiger charge is 2.52. The highest BCUT2D eigenvalue weighted by molar-refractivity contribution is 5.22. The quantitative estimate of drug-likeness (QED) is 0.903. The minimum Gasteiger partial charge on any atom is -0.334 e. The summed E-state index contributed by atoms with van der Waals surface area (Å²) >= 11 is 0. The molecule has 0 aromatic carbocycles. The zero-order valence-corrected chi connectivity index (χ0v) is 11.7. The van der Waals surface area contributed by atoms with Crippen molar-refractivity contribution >= 4 is 0 Å². The Kier molecular flexibility index (Phi) is 2.73. The van der Waals surface area contributed by atoms with E-state index in [4.69, 9.17) is 5.73 Å². The topological polar surface area (TPSA) is 43.8 Å². The zero-order chi connectivity index (χ0) is 12.9. The molecule has 4 bridgehead atoms. The minimum atomic E-state index is 0.472. The predicted molar refractivity (Wildman–Crippen MR) is 75.7 cm³/mol. The molecule has 4 aliphatic carbocycles. The first kappa shape index (κ1) is 12.0. The van der Waals surface area contributed by atoms with Crippen molar-refractivity contribution in [3.8, 4) is 0 Å². The Balaban J connectivity index is 1.66. The Bertz CT molecular complexity index is 427. The summed E-state index contributed by atoms with van der Waals surface area (Å²) in [5.41, 5.74) is 7.67. The Morgan fingerprint density at radius 1 is 1.16 bits per heavy atom. The van der Waals surface area contributed by atoms with Gasteiger partial charge in [-0.05, 0) is 69.2 Å². The van der Waals surface area contributed by atoms with Crippen molar-refractivity contribution in [3.63, 3.8) is 0 Å². The summed E-state index contributed by atoms with van der Waals surface area (Å²) in [6, 6.07) is 0. The molecule has 5 rings (SSSR count). The fourth-order valence-electron chi connectivity index (χ4n) is 5.63. The Morgan fingerprint density at radius 3 is 2.37 bits per heavy atom. The van der Waals surface area contributed by atoms with Crippen LogP contribution in [0.1, 0.15) is 50.6 Å². The van der Waals surface area contributed by atoms with Gasteiger partial charge in [-0.3, -0.25) is 0 Å². The number of nitrogens with zero attached hydrogens (tertiary/aromatic N) is 2. The molecule has 3 nitrogen and oxygen atoms in total. The van der Waals surface area contributed by atoms with Gasteiger partial charge < -0.3 is 10.3 Å². The number of rotatable bonds is 4. The van der Waals surface area contributed by atoms with Crippen LogP contribution in [0, 0.1) is 17.8 Å². The van der Waals surface area contributed by atoms with Gasteiger partial charge >= 0.3 is 0 Å². The molecule has 1 aromatic rings. The maximum absolute atomic E-state index is 5.67. The van der Waals surface area contributed by atoms with Crippen LogP contribution >= 0.6 is 0 Å². The van der Waals surface area contributed by atoms with E-state index in [2.05, 4.69) is 15.7 Å². The molecule has 4 aliphatic rings. The average molecular weight is 259 g/mol. The van der Waals surface area contributed by atoms with Gasteiger partial charge in [-0.25, -0.2) is 4.98 Å². The van der Waals surface area contributed by atoms with Crippen molar-refractivity contribution in [1.82, 2.24) is 9.55 Å². The van der Waals surface area contributed by atoms with Crippen LogP contribution in [0.3, 0.4) is 0 Å². The monoisotopic (exact) mass is 259 g/mol. The van der Waals surface area contributed by atoms with E-state index in [1.54, 1.807) is 0 Å². The summed E-state index contributed by atoms with van der Waals surface area (Å²) in [4.78, 5) is 4.45. The molecule has 0 saturated heterocycles. The third-order valence-corrected chi connectivity index (χ3v) is 5.90. The molecular formula is C16H25N3. The smallest absolute Gasteiger partial charge is 0.0948 e. The van der Waals surface area contributed by atoms with Gasteiger partial charge in [0.05, 0.1) is 6.33 Å². The van der Waals surface area contributed by atoms with Crippen LogP contribution in [0.5, 0.6) is 0 Å². The van der Waals surface area contributed by atoms with E-state index < -0.39 is 0 Å². The van der Waals surface area contributed by atoms with Gasteiger partial charge in [-0.15, -0.1) is 0 Å². The van der Waals surface area contributed by atoms with Crippen molar-refractivity contribution in [2.45, 2.75) is 56.9 Å². The van der Waals surface area contributed by atoms with Gasteiger partial charge in [-0.1, -0.05) is 0 Å². The molecule has 4 saturated carbocycles. The van der Waals surface area contributed by atoms with E-state index in [1.165, 1.54) is 44.2 Å². The van der Waals surface area contributed by atoms with Crippen molar-refractivity contribution in [1.29, 1.82) is 0 Å². The van der Waals surface area contributed by atoms with Crippen LogP contribution in [0.25, 0.3) is 0 Å². The minimum absolute atomic E-state index is 0.472. The second-order valence-electron chi connectivity index (χ2n) is 7.31. The lowest BCUT2D eigenvalue weighted by molar-refractivity contribution is -0.00885. The SMILES string of the molecule is NCCCn1cncc1C12CC3CC(CC(C3)C1)C2. The van der Waals surface area contributed by atoms with E-state index in [0.29, 0.717) is 5.41 Å². The molecular weight excluding hydrogens is 234 g/mol. The highest BCUT2D eigenvalue weighted by Crippen LogP contribution is 2.60. The van der Waals surface area contributed by atoms with Crippen molar-refractivity contribution in [3.05, 3.63) is 18.2 Å². The Hall–Kier alpha value is -0.830. The average Bonchev–Trinajstić information content (AvgIpc) is 2.83. The number of hydrogen-bond donors (Lipinski definition) is 1. The third-order valence-electron chi connectivity index (χ3n) is 5.90. The van der Waals surface area contributed by atoms with Crippen molar-refractivity contribution in [2.24, 2.45) is 23.5 Å². The van der Waals surface area contributed by atoms with E-state index in [0.717, 1.165) is 37.3 Å². The molecule has 4 fully saturated rings. The summed E-state index contributed by atoms with van der Waals surface area (Å²) in [5.74, 6) is 3.01. The lowest BCUT2D eigenvalue weighted by Gasteiger charge is -2.56.